The molecular formula is C15H21NO2. The van der Waals surface area contributed by atoms with Gasteiger partial charge < -0.3 is 14.8 Å². The average Bonchev–Trinajstić information content (AvgIpc) is 2.97. The fourth-order valence-electron chi connectivity index (χ4n) is 3.13. The van der Waals surface area contributed by atoms with Crippen molar-refractivity contribution in [3.05, 3.63) is 29.3 Å². The second-order valence-corrected chi connectivity index (χ2v) is 5.39. The molecule has 1 fully saturated rings. The van der Waals surface area contributed by atoms with Crippen molar-refractivity contribution in [2.75, 3.05) is 20.3 Å². The molecule has 2 aliphatic heterocycles. The summed E-state index contributed by atoms with van der Waals surface area (Å²) >= 11 is 0. The lowest BCUT2D eigenvalue weighted by Crippen LogP contribution is -2.25. The molecule has 1 aromatic carbocycles. The minimum absolute atomic E-state index is 0.318. The highest BCUT2D eigenvalue weighted by molar-refractivity contribution is 5.41. The van der Waals surface area contributed by atoms with Gasteiger partial charge in [0, 0.05) is 25.0 Å². The summed E-state index contributed by atoms with van der Waals surface area (Å²) in [7, 11) is 2.04. The van der Waals surface area contributed by atoms with Gasteiger partial charge in [0.15, 0.2) is 0 Å². The van der Waals surface area contributed by atoms with Crippen molar-refractivity contribution < 1.29 is 9.47 Å². The topological polar surface area (TPSA) is 30.5 Å². The Hall–Kier alpha value is -1.06. The molecule has 1 aromatic rings. The number of hydrogen-bond acceptors (Lipinski definition) is 3. The van der Waals surface area contributed by atoms with Gasteiger partial charge in [-0.2, -0.15) is 0 Å². The minimum atomic E-state index is 0.318. The highest BCUT2D eigenvalue weighted by Gasteiger charge is 2.27. The quantitative estimate of drug-likeness (QED) is 0.889. The van der Waals surface area contributed by atoms with Crippen molar-refractivity contribution in [2.24, 2.45) is 5.92 Å². The van der Waals surface area contributed by atoms with E-state index in [1.54, 1.807) is 0 Å². The molecule has 1 N–H and O–H groups in total. The molecule has 2 aliphatic rings. The zero-order chi connectivity index (χ0) is 12.5. The Morgan fingerprint density at radius 3 is 3.00 bits per heavy atom. The minimum Gasteiger partial charge on any atom is -0.490 e. The molecule has 2 heterocycles. The van der Waals surface area contributed by atoms with Gasteiger partial charge in [0.2, 0.25) is 0 Å². The van der Waals surface area contributed by atoms with Gasteiger partial charge in [-0.1, -0.05) is 12.1 Å². The zero-order valence-electron chi connectivity index (χ0n) is 11.1. The normalized spacial score (nSPS) is 27.9. The van der Waals surface area contributed by atoms with E-state index in [9.17, 15) is 0 Å². The molecule has 0 radical (unpaired) electrons. The van der Waals surface area contributed by atoms with E-state index in [4.69, 9.17) is 9.47 Å². The third-order valence-corrected chi connectivity index (χ3v) is 4.03. The Morgan fingerprint density at radius 1 is 1.39 bits per heavy atom. The first kappa shape index (κ1) is 12.0. The van der Waals surface area contributed by atoms with Crippen molar-refractivity contribution in [3.63, 3.8) is 0 Å². The molecular weight excluding hydrogens is 226 g/mol. The molecule has 3 unspecified atom stereocenters. The zero-order valence-corrected chi connectivity index (χ0v) is 11.1. The van der Waals surface area contributed by atoms with Crippen LogP contribution in [0.1, 0.15) is 30.5 Å². The van der Waals surface area contributed by atoms with Gasteiger partial charge >= 0.3 is 0 Å². The molecule has 0 spiro atoms. The van der Waals surface area contributed by atoms with Crippen LogP contribution in [0.2, 0.25) is 0 Å². The Balaban J connectivity index is 1.84. The standard InChI is InChI=1S/C15H21NO2/c1-10-7-13-8-11(3-4-14(13)18-10)15(16-2)12-5-6-17-9-12/h3-4,8,10,12,15-16H,5-7,9H2,1-2H3. The van der Waals surface area contributed by atoms with Crippen LogP contribution in [0, 0.1) is 5.92 Å². The lowest BCUT2D eigenvalue weighted by atomic mass is 9.91. The molecule has 3 nitrogen and oxygen atoms in total. The Kier molecular flexibility index (Phi) is 3.27. The van der Waals surface area contributed by atoms with Crippen LogP contribution in [0.3, 0.4) is 0 Å². The summed E-state index contributed by atoms with van der Waals surface area (Å²) in [5.74, 6) is 1.65. The van der Waals surface area contributed by atoms with E-state index in [0.717, 1.165) is 31.8 Å². The maximum Gasteiger partial charge on any atom is 0.123 e. The first-order valence-corrected chi connectivity index (χ1v) is 6.82. The second-order valence-electron chi connectivity index (χ2n) is 5.39. The molecule has 0 bridgehead atoms. The van der Waals surface area contributed by atoms with Gasteiger partial charge in [0.25, 0.3) is 0 Å². The molecule has 3 heteroatoms. The van der Waals surface area contributed by atoms with Gasteiger partial charge in [-0.25, -0.2) is 0 Å². The van der Waals surface area contributed by atoms with Gasteiger partial charge in [-0.15, -0.1) is 0 Å². The third kappa shape index (κ3) is 2.13. The van der Waals surface area contributed by atoms with Crippen molar-refractivity contribution >= 4 is 0 Å². The first-order chi connectivity index (χ1) is 8.78. The number of fused-ring (bicyclic) bond motifs is 1. The fourth-order valence-corrected chi connectivity index (χ4v) is 3.13. The molecule has 0 saturated carbocycles. The van der Waals surface area contributed by atoms with Crippen LogP contribution in [-0.4, -0.2) is 26.4 Å². The third-order valence-electron chi connectivity index (χ3n) is 4.03. The van der Waals surface area contributed by atoms with E-state index in [1.807, 2.05) is 7.05 Å². The summed E-state index contributed by atoms with van der Waals surface area (Å²) in [5, 5.41) is 3.44. The molecule has 3 atom stereocenters. The Morgan fingerprint density at radius 2 is 2.28 bits per heavy atom. The monoisotopic (exact) mass is 247 g/mol. The van der Waals surface area contributed by atoms with Crippen LogP contribution in [0.25, 0.3) is 0 Å². The van der Waals surface area contributed by atoms with Crippen molar-refractivity contribution in [2.45, 2.75) is 31.9 Å². The van der Waals surface area contributed by atoms with E-state index in [1.165, 1.54) is 11.1 Å². The molecule has 3 rings (SSSR count). The highest BCUT2D eigenvalue weighted by atomic mass is 16.5. The SMILES string of the molecule is CNC(c1ccc2c(c1)CC(C)O2)C1CCOC1. The molecule has 0 amide bonds. The van der Waals surface area contributed by atoms with Crippen LogP contribution in [0.15, 0.2) is 18.2 Å². The number of hydrogen-bond donors (Lipinski definition) is 1. The Labute approximate surface area is 108 Å². The van der Waals surface area contributed by atoms with E-state index in [-0.39, 0.29) is 0 Å². The van der Waals surface area contributed by atoms with Crippen LogP contribution >= 0.6 is 0 Å². The van der Waals surface area contributed by atoms with Crippen molar-refractivity contribution in [1.82, 2.24) is 5.32 Å². The number of benzene rings is 1. The van der Waals surface area contributed by atoms with Crippen LogP contribution < -0.4 is 10.1 Å². The molecule has 18 heavy (non-hydrogen) atoms. The Bertz CT molecular complexity index is 427. The van der Waals surface area contributed by atoms with Crippen LogP contribution in [0.4, 0.5) is 0 Å². The maximum absolute atomic E-state index is 5.76. The van der Waals surface area contributed by atoms with Crippen LogP contribution in [-0.2, 0) is 11.2 Å². The van der Waals surface area contributed by atoms with Crippen molar-refractivity contribution in [3.8, 4) is 5.75 Å². The summed E-state index contributed by atoms with van der Waals surface area (Å²) in [6.07, 6.45) is 2.49. The smallest absolute Gasteiger partial charge is 0.123 e. The molecule has 0 aromatic heterocycles. The molecule has 0 aliphatic carbocycles. The van der Waals surface area contributed by atoms with E-state index in [0.29, 0.717) is 18.1 Å². The summed E-state index contributed by atoms with van der Waals surface area (Å²) in [6.45, 7) is 3.89. The number of ether oxygens (including phenoxy) is 2. The predicted molar refractivity (Wildman–Crippen MR) is 71.0 cm³/mol. The van der Waals surface area contributed by atoms with Gasteiger partial charge in [0.1, 0.15) is 11.9 Å². The predicted octanol–water partition coefficient (Wildman–Crippen LogP) is 2.31. The van der Waals surface area contributed by atoms with E-state index < -0.39 is 0 Å². The van der Waals surface area contributed by atoms with Crippen LogP contribution in [0.5, 0.6) is 5.75 Å². The first-order valence-electron chi connectivity index (χ1n) is 6.82. The molecule has 98 valence electrons. The number of rotatable bonds is 3. The maximum atomic E-state index is 5.76. The lowest BCUT2D eigenvalue weighted by molar-refractivity contribution is 0.178. The van der Waals surface area contributed by atoms with E-state index >= 15 is 0 Å². The van der Waals surface area contributed by atoms with Gasteiger partial charge in [-0.05, 0) is 37.6 Å². The highest BCUT2D eigenvalue weighted by Crippen LogP contribution is 2.34. The second kappa shape index (κ2) is 4.90. The van der Waals surface area contributed by atoms with Gasteiger partial charge in [0.05, 0.1) is 6.61 Å². The van der Waals surface area contributed by atoms with Gasteiger partial charge in [-0.3, -0.25) is 0 Å². The van der Waals surface area contributed by atoms with E-state index in [2.05, 4.69) is 30.4 Å². The fraction of sp³-hybridized carbons (Fsp3) is 0.600. The summed E-state index contributed by atoms with van der Waals surface area (Å²) in [6, 6.07) is 7.01. The lowest BCUT2D eigenvalue weighted by Gasteiger charge is -2.22. The average molecular weight is 247 g/mol. The summed E-state index contributed by atoms with van der Waals surface area (Å²) in [5.41, 5.74) is 2.71. The largest absolute Gasteiger partial charge is 0.490 e. The molecule has 1 saturated heterocycles. The summed E-state index contributed by atoms with van der Waals surface area (Å²) in [4.78, 5) is 0. The van der Waals surface area contributed by atoms with Crippen molar-refractivity contribution in [1.29, 1.82) is 0 Å². The summed E-state index contributed by atoms with van der Waals surface area (Å²) < 4.78 is 11.3. The number of nitrogens with one attached hydrogen (secondary N) is 1.